The van der Waals surface area contributed by atoms with Crippen LogP contribution in [0.4, 0.5) is 10.1 Å². The van der Waals surface area contributed by atoms with Crippen LogP contribution in [0.15, 0.2) is 67.0 Å². The van der Waals surface area contributed by atoms with Crippen LogP contribution in [0.1, 0.15) is 17.9 Å². The highest BCUT2D eigenvalue weighted by atomic mass is 19.1. The number of amides is 1. The highest BCUT2D eigenvalue weighted by Gasteiger charge is 2.44. The minimum absolute atomic E-state index is 0.0260. The predicted octanol–water partition coefficient (Wildman–Crippen LogP) is 3.75. The maximum Gasteiger partial charge on any atom is 0.228 e. The lowest BCUT2D eigenvalue weighted by Gasteiger charge is -2.08. The quantitative estimate of drug-likeness (QED) is 0.795. The molecule has 0 saturated heterocycles. The number of carbonyl (C=O) groups is 1. The lowest BCUT2D eigenvalue weighted by atomic mass is 10.1. The molecular formula is C19H16FN3O. The van der Waals surface area contributed by atoms with Crippen LogP contribution in [0.3, 0.4) is 0 Å². The van der Waals surface area contributed by atoms with Gasteiger partial charge in [-0.25, -0.2) is 9.07 Å². The minimum atomic E-state index is -0.259. The average molecular weight is 321 g/mol. The highest BCUT2D eigenvalue weighted by molar-refractivity contribution is 5.95. The molecule has 1 fully saturated rings. The molecule has 120 valence electrons. The molecule has 4 rings (SSSR count). The fourth-order valence-electron chi connectivity index (χ4n) is 2.97. The molecule has 24 heavy (non-hydrogen) atoms. The van der Waals surface area contributed by atoms with Crippen LogP contribution in [0.25, 0.3) is 5.69 Å². The monoisotopic (exact) mass is 321 g/mol. The van der Waals surface area contributed by atoms with Crippen molar-refractivity contribution in [2.75, 3.05) is 5.32 Å². The molecule has 0 bridgehead atoms. The minimum Gasteiger partial charge on any atom is -0.326 e. The Morgan fingerprint density at radius 3 is 2.83 bits per heavy atom. The Balaban J connectivity index is 1.45. The fourth-order valence-corrected chi connectivity index (χ4v) is 2.97. The van der Waals surface area contributed by atoms with Gasteiger partial charge in [-0.1, -0.05) is 18.2 Å². The van der Waals surface area contributed by atoms with Crippen LogP contribution >= 0.6 is 0 Å². The van der Waals surface area contributed by atoms with E-state index in [0.717, 1.165) is 23.4 Å². The molecule has 0 spiro atoms. The first-order chi connectivity index (χ1) is 11.7. The van der Waals surface area contributed by atoms with Crippen molar-refractivity contribution in [2.24, 2.45) is 5.92 Å². The van der Waals surface area contributed by atoms with Gasteiger partial charge < -0.3 is 5.32 Å². The smallest absolute Gasteiger partial charge is 0.228 e. The molecule has 0 aliphatic heterocycles. The van der Waals surface area contributed by atoms with Gasteiger partial charge in [0, 0.05) is 24.0 Å². The fraction of sp³-hybridized carbons (Fsp3) is 0.158. The summed E-state index contributed by atoms with van der Waals surface area (Å²) in [4.78, 5) is 12.4. The maximum absolute atomic E-state index is 13.3. The van der Waals surface area contributed by atoms with Crippen molar-refractivity contribution in [3.63, 3.8) is 0 Å². The summed E-state index contributed by atoms with van der Waals surface area (Å²) < 4.78 is 15.0. The third kappa shape index (κ3) is 2.93. The molecule has 1 amide bonds. The van der Waals surface area contributed by atoms with Crippen LogP contribution in [-0.2, 0) is 4.79 Å². The van der Waals surface area contributed by atoms with Crippen molar-refractivity contribution in [2.45, 2.75) is 12.3 Å². The van der Waals surface area contributed by atoms with Gasteiger partial charge in [0.15, 0.2) is 0 Å². The summed E-state index contributed by atoms with van der Waals surface area (Å²) >= 11 is 0. The molecule has 1 aliphatic rings. The zero-order valence-corrected chi connectivity index (χ0v) is 12.9. The maximum atomic E-state index is 13.3. The van der Waals surface area contributed by atoms with Gasteiger partial charge >= 0.3 is 0 Å². The van der Waals surface area contributed by atoms with E-state index in [1.54, 1.807) is 16.9 Å². The third-order valence-electron chi connectivity index (χ3n) is 4.29. The van der Waals surface area contributed by atoms with Gasteiger partial charge in [-0.15, -0.1) is 0 Å². The molecule has 4 nitrogen and oxygen atoms in total. The van der Waals surface area contributed by atoms with Gasteiger partial charge in [-0.3, -0.25) is 4.79 Å². The van der Waals surface area contributed by atoms with E-state index in [-0.39, 0.29) is 23.6 Å². The van der Waals surface area contributed by atoms with Crippen molar-refractivity contribution >= 4 is 11.6 Å². The molecule has 5 heteroatoms. The van der Waals surface area contributed by atoms with E-state index in [1.165, 1.54) is 12.1 Å². The second-order valence-corrected chi connectivity index (χ2v) is 5.99. The number of aromatic nitrogens is 2. The Labute approximate surface area is 138 Å². The van der Waals surface area contributed by atoms with Crippen LogP contribution in [0.5, 0.6) is 0 Å². The van der Waals surface area contributed by atoms with Gasteiger partial charge in [-0.05, 0) is 54.3 Å². The molecule has 3 aromatic rings. The van der Waals surface area contributed by atoms with Gasteiger partial charge in [0.2, 0.25) is 5.91 Å². The van der Waals surface area contributed by atoms with E-state index in [2.05, 4.69) is 10.4 Å². The van der Waals surface area contributed by atoms with Gasteiger partial charge in [-0.2, -0.15) is 5.10 Å². The van der Waals surface area contributed by atoms with Crippen molar-refractivity contribution < 1.29 is 9.18 Å². The number of halogens is 1. The van der Waals surface area contributed by atoms with Crippen LogP contribution in [0, 0.1) is 11.7 Å². The van der Waals surface area contributed by atoms with Gasteiger partial charge in [0.1, 0.15) is 5.82 Å². The third-order valence-corrected chi connectivity index (χ3v) is 4.29. The Morgan fingerprint density at radius 2 is 2.04 bits per heavy atom. The number of nitrogens with one attached hydrogen (secondary N) is 1. The van der Waals surface area contributed by atoms with E-state index in [4.69, 9.17) is 0 Å². The zero-order chi connectivity index (χ0) is 16.5. The zero-order valence-electron chi connectivity index (χ0n) is 12.9. The summed E-state index contributed by atoms with van der Waals surface area (Å²) in [6.45, 7) is 0. The normalized spacial score (nSPS) is 19.0. The van der Waals surface area contributed by atoms with Crippen molar-refractivity contribution in [1.29, 1.82) is 0 Å². The average Bonchev–Trinajstić information content (AvgIpc) is 3.21. The molecule has 0 radical (unpaired) electrons. The summed E-state index contributed by atoms with van der Waals surface area (Å²) in [5, 5.41) is 7.13. The Morgan fingerprint density at radius 1 is 1.17 bits per heavy atom. The largest absolute Gasteiger partial charge is 0.326 e. The van der Waals surface area contributed by atoms with E-state index >= 15 is 0 Å². The number of hydrogen-bond acceptors (Lipinski definition) is 2. The van der Waals surface area contributed by atoms with Crippen LogP contribution in [-0.4, -0.2) is 15.7 Å². The molecule has 2 atom stereocenters. The SMILES string of the molecule is O=C(Nc1cccc(-n2cccn2)c1)[C@H]1C[C@H]1c1cccc(F)c1. The molecule has 1 heterocycles. The number of anilines is 1. The second-order valence-electron chi connectivity index (χ2n) is 5.99. The Bertz CT molecular complexity index is 876. The summed E-state index contributed by atoms with van der Waals surface area (Å²) in [5.74, 6) is -0.275. The Kier molecular flexibility index (Phi) is 3.61. The van der Waals surface area contributed by atoms with Crippen LogP contribution in [0.2, 0.25) is 0 Å². The van der Waals surface area contributed by atoms with Gasteiger partial charge in [0.05, 0.1) is 5.69 Å². The summed E-state index contributed by atoms with van der Waals surface area (Å²) in [5.41, 5.74) is 2.51. The topological polar surface area (TPSA) is 46.9 Å². The molecule has 1 aromatic heterocycles. The number of rotatable bonds is 4. The molecule has 2 aromatic carbocycles. The summed E-state index contributed by atoms with van der Waals surface area (Å²) in [6.07, 6.45) is 4.31. The molecule has 1 aliphatic carbocycles. The van der Waals surface area contributed by atoms with Crippen molar-refractivity contribution in [3.8, 4) is 5.69 Å². The molecular weight excluding hydrogens is 305 g/mol. The lowest BCUT2D eigenvalue weighted by Crippen LogP contribution is -2.14. The number of hydrogen-bond donors (Lipinski definition) is 1. The highest BCUT2D eigenvalue weighted by Crippen LogP contribution is 2.48. The predicted molar refractivity (Wildman–Crippen MR) is 89.4 cm³/mol. The van der Waals surface area contributed by atoms with Crippen molar-refractivity contribution in [3.05, 3.63) is 78.4 Å². The first-order valence-electron chi connectivity index (χ1n) is 7.87. The first-order valence-corrected chi connectivity index (χ1v) is 7.87. The van der Waals surface area contributed by atoms with E-state index in [9.17, 15) is 9.18 Å². The number of benzene rings is 2. The molecule has 1 saturated carbocycles. The van der Waals surface area contributed by atoms with Crippen LogP contribution < -0.4 is 5.32 Å². The number of nitrogens with zero attached hydrogens (tertiary/aromatic N) is 2. The van der Waals surface area contributed by atoms with Crippen molar-refractivity contribution in [1.82, 2.24) is 9.78 Å². The second kappa shape index (κ2) is 5.92. The molecule has 0 unspecified atom stereocenters. The summed E-state index contributed by atoms with van der Waals surface area (Å²) in [6, 6.07) is 15.9. The first kappa shape index (κ1) is 14.6. The standard InChI is InChI=1S/C19H16FN3O/c20-14-5-1-4-13(10-14)17-12-18(17)19(24)22-15-6-2-7-16(11-15)23-9-3-8-21-23/h1-11,17-18H,12H2,(H,22,24)/t17-,18-/m0/s1. The Hall–Kier alpha value is -2.95. The summed E-state index contributed by atoms with van der Waals surface area (Å²) in [7, 11) is 0. The molecule has 1 N–H and O–H groups in total. The van der Waals surface area contributed by atoms with E-state index < -0.39 is 0 Å². The van der Waals surface area contributed by atoms with E-state index in [1.807, 2.05) is 42.6 Å². The number of carbonyl (C=O) groups excluding carboxylic acids is 1. The van der Waals surface area contributed by atoms with Gasteiger partial charge in [0.25, 0.3) is 0 Å². The lowest BCUT2D eigenvalue weighted by molar-refractivity contribution is -0.117. The van der Waals surface area contributed by atoms with E-state index in [0.29, 0.717) is 0 Å².